The molecule has 6 heteroatoms. The molecule has 1 aromatic carbocycles. The Hall–Kier alpha value is -2.60. The predicted molar refractivity (Wildman–Crippen MR) is 107 cm³/mol. The van der Waals surface area contributed by atoms with E-state index in [9.17, 15) is 0 Å². The van der Waals surface area contributed by atoms with Crippen molar-refractivity contribution in [3.8, 4) is 11.3 Å². The number of nitrogens with zero attached hydrogens (tertiary/aromatic N) is 4. The van der Waals surface area contributed by atoms with Crippen LogP contribution in [0, 0.1) is 6.92 Å². The molecule has 2 aliphatic heterocycles. The second-order valence-electron chi connectivity index (χ2n) is 7.34. The summed E-state index contributed by atoms with van der Waals surface area (Å²) in [6, 6.07) is 10.6. The number of hydrogen-bond acceptors (Lipinski definition) is 6. The number of dihydropyridines is 1. The van der Waals surface area contributed by atoms with Crippen LogP contribution in [0.1, 0.15) is 30.6 Å². The Labute approximate surface area is 160 Å². The molecule has 1 fully saturated rings. The van der Waals surface area contributed by atoms with Crippen LogP contribution in [-0.4, -0.2) is 53.5 Å². The van der Waals surface area contributed by atoms with Gasteiger partial charge in [-0.25, -0.2) is 0 Å². The molecular weight excluding hydrogens is 338 g/mol. The normalized spacial score (nSPS) is 19.6. The molecule has 1 saturated heterocycles. The SMILES string of the molecule is Cc1cccc(-c2cc(C(C)N3CCN(C4=NCCC=C4N)CC3)no2)c1. The molecule has 1 aromatic heterocycles. The van der Waals surface area contributed by atoms with Crippen LogP contribution in [-0.2, 0) is 0 Å². The largest absolute Gasteiger partial charge is 0.396 e. The highest BCUT2D eigenvalue weighted by Crippen LogP contribution is 2.27. The third-order valence-electron chi connectivity index (χ3n) is 5.43. The van der Waals surface area contributed by atoms with Gasteiger partial charge in [-0.1, -0.05) is 35.0 Å². The molecule has 0 amide bonds. The summed E-state index contributed by atoms with van der Waals surface area (Å²) in [5.41, 5.74) is 10.2. The Bertz CT molecular complexity index is 861. The molecule has 0 spiro atoms. The zero-order chi connectivity index (χ0) is 18.8. The molecule has 4 rings (SSSR count). The minimum atomic E-state index is 0.218. The molecule has 3 heterocycles. The van der Waals surface area contributed by atoms with E-state index in [1.807, 2.05) is 6.07 Å². The van der Waals surface area contributed by atoms with E-state index in [4.69, 9.17) is 10.3 Å². The van der Waals surface area contributed by atoms with Crippen molar-refractivity contribution in [1.29, 1.82) is 0 Å². The number of aliphatic imine (C=N–C) groups is 1. The number of nitrogens with two attached hydrogens (primary N) is 1. The van der Waals surface area contributed by atoms with E-state index >= 15 is 0 Å². The highest BCUT2D eigenvalue weighted by atomic mass is 16.5. The lowest BCUT2D eigenvalue weighted by Gasteiger charge is -2.39. The lowest BCUT2D eigenvalue weighted by atomic mass is 10.1. The number of aryl methyl sites for hydroxylation is 1. The van der Waals surface area contributed by atoms with Crippen molar-refractivity contribution in [1.82, 2.24) is 15.0 Å². The van der Waals surface area contributed by atoms with E-state index in [0.717, 1.165) is 67.7 Å². The zero-order valence-electron chi connectivity index (χ0n) is 16.1. The van der Waals surface area contributed by atoms with E-state index in [1.165, 1.54) is 5.56 Å². The fourth-order valence-corrected chi connectivity index (χ4v) is 3.78. The number of piperazine rings is 1. The van der Waals surface area contributed by atoms with E-state index in [1.54, 1.807) is 0 Å². The average Bonchev–Trinajstić information content (AvgIpc) is 3.18. The summed E-state index contributed by atoms with van der Waals surface area (Å²) in [4.78, 5) is 9.35. The third-order valence-corrected chi connectivity index (χ3v) is 5.43. The fraction of sp³-hybridized carbons (Fsp3) is 0.429. The molecular formula is C21H27N5O. The number of benzene rings is 1. The Morgan fingerprint density at radius 1 is 1.15 bits per heavy atom. The molecule has 0 saturated carbocycles. The van der Waals surface area contributed by atoms with Crippen LogP contribution in [0.5, 0.6) is 0 Å². The summed E-state index contributed by atoms with van der Waals surface area (Å²) < 4.78 is 5.62. The number of aromatic nitrogens is 1. The van der Waals surface area contributed by atoms with Gasteiger partial charge in [-0.15, -0.1) is 0 Å². The van der Waals surface area contributed by atoms with Gasteiger partial charge in [0.15, 0.2) is 5.76 Å². The summed E-state index contributed by atoms with van der Waals surface area (Å²) in [6.45, 7) is 8.90. The number of rotatable bonds is 3. The van der Waals surface area contributed by atoms with Crippen molar-refractivity contribution in [3.05, 3.63) is 53.4 Å². The molecule has 1 atom stereocenters. The average molecular weight is 365 g/mol. The number of hydrogen-bond donors (Lipinski definition) is 1. The minimum Gasteiger partial charge on any atom is -0.396 e. The highest BCUT2D eigenvalue weighted by molar-refractivity contribution is 5.98. The molecule has 2 aliphatic rings. The van der Waals surface area contributed by atoms with Crippen LogP contribution in [0.3, 0.4) is 0 Å². The maximum atomic E-state index is 6.12. The number of amidine groups is 1. The van der Waals surface area contributed by atoms with Gasteiger partial charge in [0.1, 0.15) is 11.5 Å². The maximum absolute atomic E-state index is 6.12. The summed E-state index contributed by atoms with van der Waals surface area (Å²) in [7, 11) is 0. The predicted octanol–water partition coefficient (Wildman–Crippen LogP) is 2.97. The fourth-order valence-electron chi connectivity index (χ4n) is 3.78. The molecule has 6 nitrogen and oxygen atoms in total. The molecule has 0 bridgehead atoms. The highest BCUT2D eigenvalue weighted by Gasteiger charge is 2.26. The Morgan fingerprint density at radius 3 is 2.70 bits per heavy atom. The van der Waals surface area contributed by atoms with E-state index in [2.05, 4.69) is 64.1 Å². The minimum absolute atomic E-state index is 0.218. The molecule has 2 aromatic rings. The van der Waals surface area contributed by atoms with Crippen molar-refractivity contribution < 1.29 is 4.52 Å². The topological polar surface area (TPSA) is 70.9 Å². The van der Waals surface area contributed by atoms with Gasteiger partial charge in [-0.2, -0.15) is 0 Å². The van der Waals surface area contributed by atoms with Crippen LogP contribution >= 0.6 is 0 Å². The Kier molecular flexibility index (Phi) is 4.99. The third kappa shape index (κ3) is 3.76. The van der Waals surface area contributed by atoms with Gasteiger partial charge >= 0.3 is 0 Å². The van der Waals surface area contributed by atoms with Crippen molar-refractivity contribution in [2.24, 2.45) is 10.7 Å². The van der Waals surface area contributed by atoms with Gasteiger partial charge in [-0.05, 0) is 26.3 Å². The molecule has 1 unspecified atom stereocenters. The monoisotopic (exact) mass is 365 g/mol. The molecule has 0 radical (unpaired) electrons. The van der Waals surface area contributed by atoms with Gasteiger partial charge < -0.3 is 15.2 Å². The van der Waals surface area contributed by atoms with E-state index in [-0.39, 0.29) is 6.04 Å². The lowest BCUT2D eigenvalue weighted by Crippen LogP contribution is -2.50. The van der Waals surface area contributed by atoms with E-state index in [0.29, 0.717) is 0 Å². The first-order chi connectivity index (χ1) is 13.1. The van der Waals surface area contributed by atoms with Gasteiger partial charge in [0.2, 0.25) is 0 Å². The first-order valence-electron chi connectivity index (χ1n) is 9.65. The quantitative estimate of drug-likeness (QED) is 0.905. The smallest absolute Gasteiger partial charge is 0.167 e. The van der Waals surface area contributed by atoms with Crippen molar-refractivity contribution in [3.63, 3.8) is 0 Å². The maximum Gasteiger partial charge on any atom is 0.167 e. The second-order valence-corrected chi connectivity index (χ2v) is 7.34. The molecule has 142 valence electrons. The summed E-state index contributed by atoms with van der Waals surface area (Å²) in [6.07, 6.45) is 3.03. The summed E-state index contributed by atoms with van der Waals surface area (Å²) in [5, 5.41) is 4.34. The van der Waals surface area contributed by atoms with Crippen molar-refractivity contribution in [2.45, 2.75) is 26.3 Å². The first kappa shape index (κ1) is 17.8. The molecule has 27 heavy (non-hydrogen) atoms. The van der Waals surface area contributed by atoms with Gasteiger partial charge in [-0.3, -0.25) is 9.89 Å². The molecule has 0 aliphatic carbocycles. The van der Waals surface area contributed by atoms with Crippen molar-refractivity contribution in [2.75, 3.05) is 32.7 Å². The van der Waals surface area contributed by atoms with Gasteiger partial charge in [0.25, 0.3) is 0 Å². The zero-order valence-corrected chi connectivity index (χ0v) is 16.1. The van der Waals surface area contributed by atoms with Gasteiger partial charge in [0, 0.05) is 44.4 Å². The van der Waals surface area contributed by atoms with Gasteiger partial charge in [0.05, 0.1) is 11.7 Å². The Balaban J connectivity index is 1.40. The van der Waals surface area contributed by atoms with Crippen LogP contribution < -0.4 is 5.73 Å². The summed E-state index contributed by atoms with van der Waals surface area (Å²) >= 11 is 0. The first-order valence-corrected chi connectivity index (χ1v) is 9.65. The Morgan fingerprint density at radius 2 is 1.96 bits per heavy atom. The van der Waals surface area contributed by atoms with Crippen LogP contribution in [0.25, 0.3) is 11.3 Å². The van der Waals surface area contributed by atoms with E-state index < -0.39 is 0 Å². The lowest BCUT2D eigenvalue weighted by molar-refractivity contribution is 0.136. The second kappa shape index (κ2) is 7.56. The van der Waals surface area contributed by atoms with Crippen molar-refractivity contribution >= 4 is 5.84 Å². The van der Waals surface area contributed by atoms with Crippen LogP contribution in [0.15, 0.2) is 51.6 Å². The van der Waals surface area contributed by atoms with Crippen LogP contribution in [0.4, 0.5) is 0 Å². The van der Waals surface area contributed by atoms with Crippen LogP contribution in [0.2, 0.25) is 0 Å². The standard InChI is InChI=1S/C21H27N5O/c1-15-5-3-6-17(13-15)20-14-19(24-27-20)16(2)25-9-11-26(12-10-25)21-18(22)7-4-8-23-21/h3,5-7,13-14,16H,4,8-12,22H2,1-2H3. The summed E-state index contributed by atoms with van der Waals surface area (Å²) in [5.74, 6) is 1.80. The molecule has 2 N–H and O–H groups in total.